The zero-order valence-electron chi connectivity index (χ0n) is 13.4. The molecule has 0 spiro atoms. The molecule has 1 fully saturated rings. The molecule has 1 aromatic heterocycles. The third kappa shape index (κ3) is 3.76. The van der Waals surface area contributed by atoms with Gasteiger partial charge in [-0.2, -0.15) is 5.10 Å². The van der Waals surface area contributed by atoms with Crippen molar-refractivity contribution in [1.29, 1.82) is 0 Å². The molecule has 1 aliphatic rings. The number of para-hydroxylation sites is 1. The topological polar surface area (TPSA) is 67.2 Å². The third-order valence-electron chi connectivity index (χ3n) is 4.03. The van der Waals surface area contributed by atoms with E-state index in [2.05, 4.69) is 10.4 Å². The van der Waals surface area contributed by atoms with E-state index in [1.165, 1.54) is 0 Å². The molecule has 0 aliphatic carbocycles. The summed E-state index contributed by atoms with van der Waals surface area (Å²) in [4.78, 5) is 25.9. The van der Waals surface area contributed by atoms with Gasteiger partial charge >= 0.3 is 0 Å². The Morgan fingerprint density at radius 1 is 1.42 bits per heavy atom. The largest absolute Gasteiger partial charge is 0.351 e. The average molecular weight is 347 g/mol. The second kappa shape index (κ2) is 7.05. The van der Waals surface area contributed by atoms with E-state index in [9.17, 15) is 9.59 Å². The highest BCUT2D eigenvalue weighted by Crippen LogP contribution is 2.28. The molecule has 2 aromatic rings. The molecule has 1 aromatic carbocycles. The summed E-state index contributed by atoms with van der Waals surface area (Å²) in [6.45, 7) is 0.446. The van der Waals surface area contributed by atoms with Gasteiger partial charge in [0.05, 0.1) is 22.9 Å². The lowest BCUT2D eigenvalue weighted by atomic mass is 10.2. The summed E-state index contributed by atoms with van der Waals surface area (Å²) in [7, 11) is 1.84. The molecular weight excluding hydrogens is 328 g/mol. The average Bonchev–Trinajstić information content (AvgIpc) is 3.11. The Hall–Kier alpha value is -2.34. The Morgan fingerprint density at radius 3 is 2.92 bits per heavy atom. The number of nitrogens with one attached hydrogen (secondary N) is 1. The van der Waals surface area contributed by atoms with E-state index in [4.69, 9.17) is 11.6 Å². The highest BCUT2D eigenvalue weighted by atomic mass is 35.5. The minimum Gasteiger partial charge on any atom is -0.351 e. The molecule has 126 valence electrons. The van der Waals surface area contributed by atoms with Crippen molar-refractivity contribution in [1.82, 2.24) is 15.1 Å². The van der Waals surface area contributed by atoms with Gasteiger partial charge in [0.1, 0.15) is 0 Å². The molecule has 2 heterocycles. The third-order valence-corrected chi connectivity index (χ3v) is 4.35. The number of aromatic nitrogens is 2. The Kier molecular flexibility index (Phi) is 4.85. The molecule has 0 unspecified atom stereocenters. The van der Waals surface area contributed by atoms with E-state index >= 15 is 0 Å². The van der Waals surface area contributed by atoms with Crippen molar-refractivity contribution in [3.8, 4) is 0 Å². The Morgan fingerprint density at radius 2 is 2.21 bits per heavy atom. The standard InChI is InChI=1S/C17H19ClN4O2/c1-21-10-12(9-19-21)6-7-16(23)20-13-8-17(24)22(11-13)15-5-3-2-4-14(15)18/h2-5,9-10,13H,6-8,11H2,1H3,(H,20,23)/t13-/m1/s1. The second-order valence-electron chi connectivity index (χ2n) is 5.95. The molecule has 1 aliphatic heterocycles. The van der Waals surface area contributed by atoms with Crippen molar-refractivity contribution in [3.63, 3.8) is 0 Å². The van der Waals surface area contributed by atoms with Crippen molar-refractivity contribution in [2.45, 2.75) is 25.3 Å². The second-order valence-corrected chi connectivity index (χ2v) is 6.35. The van der Waals surface area contributed by atoms with Crippen molar-refractivity contribution in [2.24, 2.45) is 7.05 Å². The molecule has 24 heavy (non-hydrogen) atoms. The number of carbonyl (C=O) groups is 2. The lowest BCUT2D eigenvalue weighted by molar-refractivity contribution is -0.121. The molecule has 0 saturated carbocycles. The van der Waals surface area contributed by atoms with Crippen LogP contribution in [0.2, 0.25) is 5.02 Å². The minimum absolute atomic E-state index is 0.0272. The van der Waals surface area contributed by atoms with Crippen LogP contribution >= 0.6 is 11.6 Å². The lowest BCUT2D eigenvalue weighted by Crippen LogP contribution is -2.37. The van der Waals surface area contributed by atoms with E-state index in [0.717, 1.165) is 5.56 Å². The number of anilines is 1. The van der Waals surface area contributed by atoms with Crippen molar-refractivity contribution >= 4 is 29.1 Å². The Bertz CT molecular complexity index is 759. The zero-order chi connectivity index (χ0) is 17.1. The van der Waals surface area contributed by atoms with Gasteiger partial charge in [-0.05, 0) is 24.1 Å². The number of aryl methyl sites for hydroxylation is 2. The lowest BCUT2D eigenvalue weighted by Gasteiger charge is -2.18. The number of hydrogen-bond acceptors (Lipinski definition) is 3. The summed E-state index contributed by atoms with van der Waals surface area (Å²) in [5, 5.41) is 7.55. The number of halogens is 1. The summed E-state index contributed by atoms with van der Waals surface area (Å²) in [6.07, 6.45) is 4.96. The van der Waals surface area contributed by atoms with Crippen LogP contribution in [0.5, 0.6) is 0 Å². The Labute approximate surface area is 145 Å². The normalized spacial score (nSPS) is 17.3. The highest BCUT2D eigenvalue weighted by Gasteiger charge is 2.32. The monoisotopic (exact) mass is 346 g/mol. The zero-order valence-corrected chi connectivity index (χ0v) is 14.2. The van der Waals surface area contributed by atoms with Crippen LogP contribution in [0.15, 0.2) is 36.7 Å². The molecule has 1 atom stereocenters. The first-order chi connectivity index (χ1) is 11.5. The van der Waals surface area contributed by atoms with Crippen LogP contribution in [0.1, 0.15) is 18.4 Å². The van der Waals surface area contributed by atoms with Crippen LogP contribution in [-0.2, 0) is 23.1 Å². The minimum atomic E-state index is -0.185. The molecule has 6 nitrogen and oxygen atoms in total. The molecule has 2 amide bonds. The first-order valence-corrected chi connectivity index (χ1v) is 8.22. The maximum absolute atomic E-state index is 12.2. The maximum Gasteiger partial charge on any atom is 0.229 e. The first kappa shape index (κ1) is 16.5. The molecule has 7 heteroatoms. The summed E-state index contributed by atoms with van der Waals surface area (Å²) >= 11 is 6.15. The fourth-order valence-electron chi connectivity index (χ4n) is 2.87. The van der Waals surface area contributed by atoms with Crippen LogP contribution in [0.25, 0.3) is 0 Å². The van der Waals surface area contributed by atoms with Gasteiger partial charge in [0.25, 0.3) is 0 Å². The summed E-state index contributed by atoms with van der Waals surface area (Å²) in [6, 6.07) is 7.05. The van der Waals surface area contributed by atoms with Gasteiger partial charge in [0.2, 0.25) is 11.8 Å². The summed E-state index contributed by atoms with van der Waals surface area (Å²) in [5.41, 5.74) is 1.71. The van der Waals surface area contributed by atoms with Gasteiger partial charge in [-0.3, -0.25) is 14.3 Å². The molecule has 1 N–H and O–H groups in total. The molecule has 3 rings (SSSR count). The van der Waals surface area contributed by atoms with E-state index in [-0.39, 0.29) is 17.9 Å². The van der Waals surface area contributed by atoms with Crippen LogP contribution in [-0.4, -0.2) is 34.2 Å². The van der Waals surface area contributed by atoms with Gasteiger partial charge < -0.3 is 10.2 Å². The first-order valence-electron chi connectivity index (χ1n) is 7.84. The SMILES string of the molecule is Cn1cc(CCC(=O)N[C@@H]2CC(=O)N(c3ccccc3Cl)C2)cn1. The van der Waals surface area contributed by atoms with Crippen molar-refractivity contribution in [2.75, 3.05) is 11.4 Å². The van der Waals surface area contributed by atoms with Gasteiger partial charge in [-0.1, -0.05) is 23.7 Å². The summed E-state index contributed by atoms with van der Waals surface area (Å²) < 4.78 is 1.71. The number of hydrogen-bond donors (Lipinski definition) is 1. The number of rotatable bonds is 5. The summed E-state index contributed by atoms with van der Waals surface area (Å²) in [5.74, 6) is -0.0849. The number of nitrogens with zero attached hydrogens (tertiary/aromatic N) is 3. The van der Waals surface area contributed by atoms with Crippen LogP contribution in [0, 0.1) is 0 Å². The number of amides is 2. The van der Waals surface area contributed by atoms with Crippen molar-refractivity contribution in [3.05, 3.63) is 47.2 Å². The van der Waals surface area contributed by atoms with Gasteiger partial charge in [0, 0.05) is 32.6 Å². The van der Waals surface area contributed by atoms with E-state index in [0.29, 0.717) is 36.5 Å². The fourth-order valence-corrected chi connectivity index (χ4v) is 3.10. The van der Waals surface area contributed by atoms with Gasteiger partial charge in [-0.15, -0.1) is 0 Å². The smallest absolute Gasteiger partial charge is 0.229 e. The van der Waals surface area contributed by atoms with Crippen LogP contribution in [0.4, 0.5) is 5.69 Å². The van der Waals surface area contributed by atoms with E-state index in [1.807, 2.05) is 31.4 Å². The van der Waals surface area contributed by atoms with Gasteiger partial charge in [0.15, 0.2) is 0 Å². The fraction of sp³-hybridized carbons (Fsp3) is 0.353. The number of carbonyl (C=O) groups excluding carboxylic acids is 2. The highest BCUT2D eigenvalue weighted by molar-refractivity contribution is 6.33. The van der Waals surface area contributed by atoms with Crippen LogP contribution in [0.3, 0.4) is 0 Å². The predicted octanol–water partition coefficient (Wildman–Crippen LogP) is 1.93. The number of benzene rings is 1. The van der Waals surface area contributed by atoms with Gasteiger partial charge in [-0.25, -0.2) is 0 Å². The molecule has 1 saturated heterocycles. The van der Waals surface area contributed by atoms with Crippen molar-refractivity contribution < 1.29 is 9.59 Å². The molecule has 0 radical (unpaired) electrons. The molecule has 0 bridgehead atoms. The maximum atomic E-state index is 12.2. The quantitative estimate of drug-likeness (QED) is 0.899. The van der Waals surface area contributed by atoms with E-state index < -0.39 is 0 Å². The van der Waals surface area contributed by atoms with E-state index in [1.54, 1.807) is 21.8 Å². The molecular formula is C17H19ClN4O2. The predicted molar refractivity (Wildman–Crippen MR) is 91.9 cm³/mol. The Balaban J connectivity index is 1.54. The van der Waals surface area contributed by atoms with Crippen LogP contribution < -0.4 is 10.2 Å².